The van der Waals surface area contributed by atoms with E-state index in [0.29, 0.717) is 40.8 Å². The molecule has 3 aromatic heterocycles. The molecule has 1 amide bonds. The Kier molecular flexibility index (Phi) is 5.82. The number of halogens is 2. The number of hydrogen-bond acceptors (Lipinski definition) is 6. The maximum absolute atomic E-state index is 13.6. The maximum Gasteiger partial charge on any atom is 0.256 e. The Morgan fingerprint density at radius 1 is 1.12 bits per heavy atom. The molecule has 1 aromatic carbocycles. The van der Waals surface area contributed by atoms with Crippen molar-refractivity contribution in [3.8, 4) is 17.1 Å². The molecule has 1 aliphatic heterocycles. The molecule has 9 nitrogen and oxygen atoms in total. The highest BCUT2D eigenvalue weighted by Crippen LogP contribution is 2.26. The Balaban J connectivity index is 1.39. The number of hydrogen-bond donors (Lipinski definition) is 0. The Hall–Kier alpha value is -3.66. The van der Waals surface area contributed by atoms with E-state index < -0.39 is 5.82 Å². The lowest BCUT2D eigenvalue weighted by Gasteiger charge is -2.36. The van der Waals surface area contributed by atoms with Crippen LogP contribution in [0.5, 0.6) is 0 Å². The normalized spacial score (nSPS) is 16.2. The highest BCUT2D eigenvalue weighted by atomic mass is 35.5. The van der Waals surface area contributed by atoms with Gasteiger partial charge in [0.2, 0.25) is 0 Å². The van der Waals surface area contributed by atoms with Gasteiger partial charge in [-0.05, 0) is 49.6 Å². The van der Waals surface area contributed by atoms with Crippen LogP contribution < -0.4 is 0 Å². The summed E-state index contributed by atoms with van der Waals surface area (Å²) in [6.45, 7) is 1.11. The first-order valence-corrected chi connectivity index (χ1v) is 11.0. The molecule has 4 heterocycles. The molecule has 0 spiro atoms. The lowest BCUT2D eigenvalue weighted by molar-refractivity contribution is 0.0582. The van der Waals surface area contributed by atoms with Crippen LogP contribution in [-0.2, 0) is 6.54 Å². The van der Waals surface area contributed by atoms with Crippen molar-refractivity contribution in [2.75, 3.05) is 6.54 Å². The van der Waals surface area contributed by atoms with Crippen LogP contribution in [0.3, 0.4) is 0 Å². The number of carbonyl (C=O) groups excluding carboxylic acids is 1. The number of likely N-dealkylation sites (tertiary alicyclic amines) is 1. The van der Waals surface area contributed by atoms with Crippen molar-refractivity contribution in [3.63, 3.8) is 0 Å². The van der Waals surface area contributed by atoms with Crippen LogP contribution in [0.15, 0.2) is 55.1 Å². The Labute approximate surface area is 193 Å². The molecule has 0 bridgehead atoms. The number of pyridine rings is 1. The van der Waals surface area contributed by atoms with E-state index in [1.807, 2.05) is 4.90 Å². The van der Waals surface area contributed by atoms with Gasteiger partial charge < -0.3 is 4.90 Å². The highest BCUT2D eigenvalue weighted by molar-refractivity contribution is 6.31. The van der Waals surface area contributed by atoms with Crippen molar-refractivity contribution >= 4 is 17.5 Å². The van der Waals surface area contributed by atoms with E-state index in [2.05, 4.69) is 25.5 Å². The standard InChI is InChI=1S/C22H20ClFN8O/c23-15-4-7-21(32-26-8-9-27-32)18(11-15)22(33)31-10-2-1-3-17(31)13-30-14-20(28-29-30)19-6-5-16(24)12-25-19/h4-9,11-12,14,17H,1-3,10,13H2/t17-/m0/s1. The van der Waals surface area contributed by atoms with Crippen molar-refractivity contribution in [2.45, 2.75) is 31.8 Å². The van der Waals surface area contributed by atoms with Crippen LogP contribution in [0.2, 0.25) is 5.02 Å². The SMILES string of the molecule is O=C(c1cc(Cl)ccc1-n1nccn1)N1CCCC[C@H]1Cn1cc(-c2ccc(F)cn2)nn1. The average Bonchev–Trinajstić information content (AvgIpc) is 3.52. The molecule has 11 heteroatoms. The van der Waals surface area contributed by atoms with Gasteiger partial charge in [-0.3, -0.25) is 9.78 Å². The summed E-state index contributed by atoms with van der Waals surface area (Å²) in [6, 6.07) is 7.94. The fourth-order valence-corrected chi connectivity index (χ4v) is 4.23. The zero-order valence-electron chi connectivity index (χ0n) is 17.6. The molecular formula is C22H20ClFN8O. The van der Waals surface area contributed by atoms with Crippen LogP contribution >= 0.6 is 11.6 Å². The van der Waals surface area contributed by atoms with Gasteiger partial charge in [0, 0.05) is 11.6 Å². The van der Waals surface area contributed by atoms with Crippen LogP contribution in [0.25, 0.3) is 17.1 Å². The number of nitrogens with zero attached hydrogens (tertiary/aromatic N) is 8. The fourth-order valence-electron chi connectivity index (χ4n) is 4.05. The third-order valence-electron chi connectivity index (χ3n) is 5.64. The predicted octanol–water partition coefficient (Wildman–Crippen LogP) is 3.41. The molecule has 5 rings (SSSR count). The van der Waals surface area contributed by atoms with Crippen LogP contribution in [0.4, 0.5) is 4.39 Å². The summed E-state index contributed by atoms with van der Waals surface area (Å²) >= 11 is 6.23. The van der Waals surface area contributed by atoms with Gasteiger partial charge in [-0.1, -0.05) is 16.8 Å². The minimum Gasteiger partial charge on any atom is -0.334 e. The van der Waals surface area contributed by atoms with Crippen molar-refractivity contribution in [1.82, 2.24) is 39.9 Å². The van der Waals surface area contributed by atoms with Gasteiger partial charge in [-0.2, -0.15) is 15.0 Å². The number of rotatable bonds is 5. The average molecular weight is 467 g/mol. The summed E-state index contributed by atoms with van der Waals surface area (Å²) in [4.78, 5) is 21.0. The van der Waals surface area contributed by atoms with E-state index in [4.69, 9.17) is 11.6 Å². The van der Waals surface area contributed by atoms with Gasteiger partial charge in [-0.25, -0.2) is 9.07 Å². The zero-order chi connectivity index (χ0) is 22.8. The van der Waals surface area contributed by atoms with E-state index in [9.17, 15) is 9.18 Å². The third-order valence-corrected chi connectivity index (χ3v) is 5.87. The summed E-state index contributed by atoms with van der Waals surface area (Å²) in [5, 5.41) is 17.2. The summed E-state index contributed by atoms with van der Waals surface area (Å²) in [7, 11) is 0. The van der Waals surface area contributed by atoms with Gasteiger partial charge >= 0.3 is 0 Å². The predicted molar refractivity (Wildman–Crippen MR) is 118 cm³/mol. The third kappa shape index (κ3) is 4.47. The van der Waals surface area contributed by atoms with Crippen LogP contribution in [0, 0.1) is 5.82 Å². The molecule has 0 aliphatic carbocycles. The van der Waals surface area contributed by atoms with Crippen molar-refractivity contribution in [1.29, 1.82) is 0 Å². The van der Waals surface area contributed by atoms with Crippen LogP contribution in [-0.4, -0.2) is 58.4 Å². The maximum atomic E-state index is 13.6. The first-order valence-electron chi connectivity index (χ1n) is 10.6. The second kappa shape index (κ2) is 9.07. The summed E-state index contributed by atoms with van der Waals surface area (Å²) < 4.78 is 14.9. The molecule has 0 radical (unpaired) electrons. The molecule has 1 aliphatic rings. The summed E-state index contributed by atoms with van der Waals surface area (Å²) in [5.41, 5.74) is 2.10. The first-order chi connectivity index (χ1) is 16.1. The topological polar surface area (TPSA) is 94.6 Å². The Bertz CT molecular complexity index is 1260. The Morgan fingerprint density at radius 2 is 1.97 bits per heavy atom. The van der Waals surface area contributed by atoms with Crippen molar-refractivity contribution < 1.29 is 9.18 Å². The Morgan fingerprint density at radius 3 is 2.76 bits per heavy atom. The molecule has 0 N–H and O–H groups in total. The minimum absolute atomic E-state index is 0.0700. The highest BCUT2D eigenvalue weighted by Gasteiger charge is 2.30. The van der Waals surface area contributed by atoms with Crippen LogP contribution in [0.1, 0.15) is 29.6 Å². The molecule has 33 heavy (non-hydrogen) atoms. The molecular weight excluding hydrogens is 447 g/mol. The van der Waals surface area contributed by atoms with E-state index in [0.717, 1.165) is 25.5 Å². The van der Waals surface area contributed by atoms with E-state index >= 15 is 0 Å². The molecule has 1 atom stereocenters. The minimum atomic E-state index is -0.409. The van der Waals surface area contributed by atoms with Crippen molar-refractivity contribution in [2.24, 2.45) is 0 Å². The lowest BCUT2D eigenvalue weighted by Crippen LogP contribution is -2.46. The molecule has 1 fully saturated rings. The fraction of sp³-hybridized carbons (Fsp3) is 0.273. The molecule has 4 aromatic rings. The monoisotopic (exact) mass is 466 g/mol. The second-order valence-corrected chi connectivity index (χ2v) is 8.25. The smallest absolute Gasteiger partial charge is 0.256 e. The van der Waals surface area contributed by atoms with Gasteiger partial charge in [0.05, 0.1) is 54.3 Å². The van der Waals surface area contributed by atoms with Gasteiger partial charge in [-0.15, -0.1) is 5.10 Å². The van der Waals surface area contributed by atoms with E-state index in [1.165, 1.54) is 10.9 Å². The molecule has 168 valence electrons. The number of amides is 1. The largest absolute Gasteiger partial charge is 0.334 e. The quantitative estimate of drug-likeness (QED) is 0.447. The van der Waals surface area contributed by atoms with Gasteiger partial charge in [0.1, 0.15) is 11.5 Å². The number of carbonyl (C=O) groups is 1. The van der Waals surface area contributed by atoms with Crippen molar-refractivity contribution in [3.05, 3.63) is 71.5 Å². The van der Waals surface area contributed by atoms with E-state index in [-0.39, 0.29) is 11.9 Å². The van der Waals surface area contributed by atoms with Gasteiger partial charge in [0.25, 0.3) is 5.91 Å². The second-order valence-electron chi connectivity index (χ2n) is 7.82. The molecule has 0 saturated carbocycles. The van der Waals surface area contributed by atoms with Gasteiger partial charge in [0.15, 0.2) is 0 Å². The molecule has 0 unspecified atom stereocenters. The first kappa shape index (κ1) is 21.2. The number of aromatic nitrogens is 7. The summed E-state index contributed by atoms with van der Waals surface area (Å²) in [5.74, 6) is -0.539. The lowest BCUT2D eigenvalue weighted by atomic mass is 10.00. The number of piperidine rings is 1. The zero-order valence-corrected chi connectivity index (χ0v) is 18.3. The van der Waals surface area contributed by atoms with E-state index in [1.54, 1.807) is 47.5 Å². The molecule has 1 saturated heterocycles. The summed E-state index contributed by atoms with van der Waals surface area (Å²) in [6.07, 6.45) is 8.79. The number of benzene rings is 1.